The zero-order valence-corrected chi connectivity index (χ0v) is 15.8. The number of aryl methyl sites for hydroxylation is 1. The highest BCUT2D eigenvalue weighted by atomic mass is 16.5. The van der Waals surface area contributed by atoms with E-state index in [0.29, 0.717) is 38.6 Å². The molecule has 2 aliphatic heterocycles. The van der Waals surface area contributed by atoms with E-state index in [2.05, 4.69) is 18.0 Å². The Kier molecular flexibility index (Phi) is 5.23. The second-order valence-electron chi connectivity index (χ2n) is 7.62. The van der Waals surface area contributed by atoms with Crippen LogP contribution in [-0.2, 0) is 27.3 Å². The Morgan fingerprint density at radius 1 is 1.26 bits per heavy atom. The SMILES string of the molecule is Cc1ccccc1CC(=O)N1CC2(C1)OCC[C@@H]2COCc1ccncc1. The minimum atomic E-state index is -0.209. The van der Waals surface area contributed by atoms with Crippen molar-refractivity contribution in [3.05, 3.63) is 65.5 Å². The first-order valence-corrected chi connectivity index (χ1v) is 9.59. The van der Waals surface area contributed by atoms with Crippen LogP contribution < -0.4 is 0 Å². The topological polar surface area (TPSA) is 51.7 Å². The lowest BCUT2D eigenvalue weighted by molar-refractivity contribution is -0.168. The van der Waals surface area contributed by atoms with Crippen molar-refractivity contribution in [1.82, 2.24) is 9.88 Å². The van der Waals surface area contributed by atoms with Gasteiger partial charge in [0.2, 0.25) is 5.91 Å². The third kappa shape index (κ3) is 3.89. The van der Waals surface area contributed by atoms with Crippen molar-refractivity contribution in [2.45, 2.75) is 32.0 Å². The Balaban J connectivity index is 1.28. The second kappa shape index (κ2) is 7.79. The number of hydrogen-bond acceptors (Lipinski definition) is 4. The van der Waals surface area contributed by atoms with E-state index in [1.54, 1.807) is 12.4 Å². The lowest BCUT2D eigenvalue weighted by Crippen LogP contribution is -2.66. The molecule has 2 aromatic rings. The van der Waals surface area contributed by atoms with Gasteiger partial charge in [0.05, 0.1) is 32.7 Å². The summed E-state index contributed by atoms with van der Waals surface area (Å²) in [6, 6.07) is 12.0. The van der Waals surface area contributed by atoms with Gasteiger partial charge < -0.3 is 14.4 Å². The van der Waals surface area contributed by atoms with Gasteiger partial charge in [0.15, 0.2) is 0 Å². The zero-order chi connectivity index (χ0) is 18.7. The zero-order valence-electron chi connectivity index (χ0n) is 15.8. The quantitative estimate of drug-likeness (QED) is 0.789. The van der Waals surface area contributed by atoms with Gasteiger partial charge in [-0.1, -0.05) is 24.3 Å². The smallest absolute Gasteiger partial charge is 0.227 e. The summed E-state index contributed by atoms with van der Waals surface area (Å²) in [4.78, 5) is 18.6. The Bertz CT molecular complexity index is 787. The van der Waals surface area contributed by atoms with Gasteiger partial charge in [0.25, 0.3) is 0 Å². The van der Waals surface area contributed by atoms with Crippen LogP contribution in [0.25, 0.3) is 0 Å². The number of hydrogen-bond donors (Lipinski definition) is 0. The summed E-state index contributed by atoms with van der Waals surface area (Å²) in [6.07, 6.45) is 5.02. The van der Waals surface area contributed by atoms with Crippen molar-refractivity contribution in [3.63, 3.8) is 0 Å². The first kappa shape index (κ1) is 18.1. The van der Waals surface area contributed by atoms with E-state index in [1.165, 1.54) is 5.56 Å². The number of carbonyl (C=O) groups excluding carboxylic acids is 1. The van der Waals surface area contributed by atoms with Crippen molar-refractivity contribution < 1.29 is 14.3 Å². The summed E-state index contributed by atoms with van der Waals surface area (Å²) in [7, 11) is 0. The molecule has 0 aliphatic carbocycles. The van der Waals surface area contributed by atoms with E-state index in [1.807, 2.05) is 35.2 Å². The van der Waals surface area contributed by atoms with Crippen LogP contribution in [-0.4, -0.2) is 47.7 Å². The Labute approximate surface area is 160 Å². The molecule has 1 aromatic carbocycles. The number of ether oxygens (including phenoxy) is 2. The third-order valence-corrected chi connectivity index (χ3v) is 5.81. The first-order valence-electron chi connectivity index (χ1n) is 9.59. The average molecular weight is 366 g/mol. The minimum absolute atomic E-state index is 0.182. The van der Waals surface area contributed by atoms with Crippen molar-refractivity contribution in [2.24, 2.45) is 5.92 Å². The van der Waals surface area contributed by atoms with Gasteiger partial charge in [-0.2, -0.15) is 0 Å². The van der Waals surface area contributed by atoms with Crippen molar-refractivity contribution in [1.29, 1.82) is 0 Å². The fourth-order valence-electron chi connectivity index (χ4n) is 4.03. The molecule has 4 rings (SSSR count). The standard InChI is InChI=1S/C22H26N2O3/c1-17-4-2-3-5-19(17)12-21(25)24-15-22(16-24)20(8-11-27-22)14-26-13-18-6-9-23-10-7-18/h2-7,9-10,20H,8,11-16H2,1H3/t20-/m1/s1. The van der Waals surface area contributed by atoms with Gasteiger partial charge in [0, 0.05) is 24.9 Å². The van der Waals surface area contributed by atoms with Crippen LogP contribution in [0.3, 0.4) is 0 Å². The van der Waals surface area contributed by atoms with Gasteiger partial charge in [-0.15, -0.1) is 0 Å². The maximum Gasteiger partial charge on any atom is 0.227 e. The number of benzene rings is 1. The molecule has 0 radical (unpaired) electrons. The molecule has 1 amide bonds. The molecule has 2 fully saturated rings. The molecule has 0 N–H and O–H groups in total. The van der Waals surface area contributed by atoms with E-state index >= 15 is 0 Å². The fourth-order valence-corrected chi connectivity index (χ4v) is 4.03. The van der Waals surface area contributed by atoms with E-state index in [0.717, 1.165) is 24.2 Å². The molecule has 142 valence electrons. The Hall–Kier alpha value is -2.24. The normalized spacial score (nSPS) is 20.6. The Morgan fingerprint density at radius 3 is 2.81 bits per heavy atom. The number of rotatable bonds is 6. The monoisotopic (exact) mass is 366 g/mol. The van der Waals surface area contributed by atoms with Gasteiger partial charge in [-0.25, -0.2) is 0 Å². The molecular formula is C22H26N2O3. The average Bonchev–Trinajstić information content (AvgIpc) is 3.07. The molecule has 5 heteroatoms. The third-order valence-electron chi connectivity index (χ3n) is 5.81. The summed E-state index contributed by atoms with van der Waals surface area (Å²) < 4.78 is 12.0. The van der Waals surface area contributed by atoms with Crippen LogP contribution in [0.2, 0.25) is 0 Å². The van der Waals surface area contributed by atoms with Crippen LogP contribution in [0.15, 0.2) is 48.8 Å². The van der Waals surface area contributed by atoms with Crippen LogP contribution in [0, 0.1) is 12.8 Å². The highest BCUT2D eigenvalue weighted by molar-refractivity contribution is 5.80. The largest absolute Gasteiger partial charge is 0.376 e. The molecule has 0 bridgehead atoms. The van der Waals surface area contributed by atoms with Crippen LogP contribution >= 0.6 is 0 Å². The summed E-state index contributed by atoms with van der Waals surface area (Å²) in [5.41, 5.74) is 3.19. The molecule has 2 aliphatic rings. The fraction of sp³-hybridized carbons (Fsp3) is 0.455. The molecule has 1 aromatic heterocycles. The highest BCUT2D eigenvalue weighted by Gasteiger charge is 2.54. The molecule has 1 spiro atoms. The number of carbonyl (C=O) groups is 1. The van der Waals surface area contributed by atoms with E-state index in [4.69, 9.17) is 9.47 Å². The van der Waals surface area contributed by atoms with Gasteiger partial charge >= 0.3 is 0 Å². The highest BCUT2D eigenvalue weighted by Crippen LogP contribution is 2.40. The molecule has 0 unspecified atom stereocenters. The van der Waals surface area contributed by atoms with Crippen molar-refractivity contribution >= 4 is 5.91 Å². The molecule has 1 atom stereocenters. The van der Waals surface area contributed by atoms with Crippen LogP contribution in [0.5, 0.6) is 0 Å². The molecular weight excluding hydrogens is 340 g/mol. The van der Waals surface area contributed by atoms with Crippen LogP contribution in [0.1, 0.15) is 23.1 Å². The predicted octanol–water partition coefficient (Wildman–Crippen LogP) is 2.77. The summed E-state index contributed by atoms with van der Waals surface area (Å²) in [6.45, 7) is 5.43. The Morgan fingerprint density at radius 2 is 2.04 bits per heavy atom. The molecule has 27 heavy (non-hydrogen) atoms. The van der Waals surface area contributed by atoms with Gasteiger partial charge in [0.1, 0.15) is 5.60 Å². The first-order chi connectivity index (χ1) is 13.2. The summed E-state index contributed by atoms with van der Waals surface area (Å²) in [5.74, 6) is 0.531. The maximum absolute atomic E-state index is 12.6. The second-order valence-corrected chi connectivity index (χ2v) is 7.62. The van der Waals surface area contributed by atoms with Crippen molar-refractivity contribution in [2.75, 3.05) is 26.3 Å². The maximum atomic E-state index is 12.6. The van der Waals surface area contributed by atoms with Gasteiger partial charge in [-0.05, 0) is 42.2 Å². The van der Waals surface area contributed by atoms with Crippen LogP contribution in [0.4, 0.5) is 0 Å². The molecule has 0 saturated carbocycles. The predicted molar refractivity (Wildman–Crippen MR) is 102 cm³/mol. The summed E-state index contributed by atoms with van der Waals surface area (Å²) >= 11 is 0. The van der Waals surface area contributed by atoms with E-state index < -0.39 is 0 Å². The van der Waals surface area contributed by atoms with E-state index in [-0.39, 0.29) is 11.5 Å². The number of amides is 1. The van der Waals surface area contributed by atoms with E-state index in [9.17, 15) is 4.79 Å². The lowest BCUT2D eigenvalue weighted by Gasteiger charge is -2.50. The van der Waals surface area contributed by atoms with Gasteiger partial charge in [-0.3, -0.25) is 9.78 Å². The number of pyridine rings is 1. The molecule has 3 heterocycles. The number of aromatic nitrogens is 1. The molecule has 2 saturated heterocycles. The number of likely N-dealkylation sites (tertiary alicyclic amines) is 1. The summed E-state index contributed by atoms with van der Waals surface area (Å²) in [5, 5.41) is 0. The lowest BCUT2D eigenvalue weighted by atomic mass is 9.81. The molecule has 5 nitrogen and oxygen atoms in total. The number of nitrogens with zero attached hydrogens (tertiary/aromatic N) is 2. The van der Waals surface area contributed by atoms with Crippen molar-refractivity contribution in [3.8, 4) is 0 Å². The minimum Gasteiger partial charge on any atom is -0.376 e.